The minimum atomic E-state index is -1.09. The van der Waals surface area contributed by atoms with Crippen molar-refractivity contribution in [1.29, 1.82) is 0 Å². The molecule has 0 atom stereocenters. The van der Waals surface area contributed by atoms with Gasteiger partial charge in [-0.05, 0) is 6.07 Å². The molecule has 6 nitrogen and oxygen atoms in total. The normalized spacial score (nSPS) is 9.67. The second-order valence-electron chi connectivity index (χ2n) is 2.99. The van der Waals surface area contributed by atoms with Gasteiger partial charge < -0.3 is 15.1 Å². The first-order chi connectivity index (χ1) is 7.00. The lowest BCUT2D eigenvalue weighted by Crippen LogP contribution is -2.25. The Labute approximate surface area is 85.8 Å². The number of carboxylic acids is 2. The lowest BCUT2D eigenvalue weighted by molar-refractivity contribution is -0.135. The van der Waals surface area contributed by atoms with Crippen molar-refractivity contribution in [2.45, 2.75) is 0 Å². The van der Waals surface area contributed by atoms with E-state index in [1.54, 1.807) is 7.05 Å². The second kappa shape index (κ2) is 4.41. The Hall–Kier alpha value is -2.11. The number of carboxylic acid groups (broad SMARTS) is 2. The van der Waals surface area contributed by atoms with Gasteiger partial charge in [-0.25, -0.2) is 4.79 Å². The quantitative estimate of drug-likeness (QED) is 0.742. The van der Waals surface area contributed by atoms with Gasteiger partial charge in [0.25, 0.3) is 0 Å². The third kappa shape index (κ3) is 2.94. The molecule has 0 amide bonds. The Bertz CT molecular complexity index is 391. The van der Waals surface area contributed by atoms with Crippen LogP contribution in [0.25, 0.3) is 0 Å². The van der Waals surface area contributed by atoms with Crippen LogP contribution in [-0.4, -0.2) is 40.7 Å². The van der Waals surface area contributed by atoms with E-state index in [1.165, 1.54) is 23.4 Å². The van der Waals surface area contributed by atoms with E-state index in [2.05, 4.69) is 4.98 Å². The van der Waals surface area contributed by atoms with Crippen molar-refractivity contribution in [3.8, 4) is 0 Å². The molecule has 0 aromatic carbocycles. The lowest BCUT2D eigenvalue weighted by atomic mass is 10.2. The summed E-state index contributed by atoms with van der Waals surface area (Å²) in [6, 6.07) is 1.37. The highest BCUT2D eigenvalue weighted by atomic mass is 16.4. The molecule has 0 aliphatic heterocycles. The van der Waals surface area contributed by atoms with E-state index in [-0.39, 0.29) is 12.1 Å². The Morgan fingerprint density at radius 2 is 2.07 bits per heavy atom. The average Bonchev–Trinajstić information content (AvgIpc) is 2.17. The molecule has 6 heteroatoms. The molecule has 0 spiro atoms. The summed E-state index contributed by atoms with van der Waals surface area (Å²) in [6.07, 6.45) is 2.62. The summed E-state index contributed by atoms with van der Waals surface area (Å²) in [4.78, 5) is 26.2. The number of aromatic carboxylic acids is 1. The van der Waals surface area contributed by atoms with Gasteiger partial charge in [0, 0.05) is 13.2 Å². The second-order valence-corrected chi connectivity index (χ2v) is 2.99. The van der Waals surface area contributed by atoms with E-state index < -0.39 is 11.9 Å². The molecule has 2 N–H and O–H groups in total. The van der Waals surface area contributed by atoms with Crippen LogP contribution in [0.1, 0.15) is 10.4 Å². The van der Waals surface area contributed by atoms with Crippen LogP contribution < -0.4 is 4.90 Å². The predicted molar refractivity (Wildman–Crippen MR) is 52.1 cm³/mol. The number of hydrogen-bond acceptors (Lipinski definition) is 4. The molecule has 15 heavy (non-hydrogen) atoms. The van der Waals surface area contributed by atoms with Gasteiger partial charge in [0.15, 0.2) is 0 Å². The smallest absolute Gasteiger partial charge is 0.337 e. The van der Waals surface area contributed by atoms with Crippen LogP contribution in [0.2, 0.25) is 0 Å². The van der Waals surface area contributed by atoms with E-state index in [4.69, 9.17) is 10.2 Å². The number of rotatable bonds is 4. The highest BCUT2D eigenvalue weighted by Gasteiger charge is 2.09. The first-order valence-electron chi connectivity index (χ1n) is 4.12. The number of nitrogens with zero attached hydrogens (tertiary/aromatic N) is 2. The number of anilines is 1. The van der Waals surface area contributed by atoms with Crippen LogP contribution >= 0.6 is 0 Å². The van der Waals surface area contributed by atoms with Crippen LogP contribution in [0.3, 0.4) is 0 Å². The number of aliphatic carboxylic acids is 1. The van der Waals surface area contributed by atoms with E-state index >= 15 is 0 Å². The van der Waals surface area contributed by atoms with Crippen molar-refractivity contribution in [1.82, 2.24) is 4.98 Å². The summed E-state index contributed by atoms with van der Waals surface area (Å²) in [6.45, 7) is -0.204. The molecule has 0 unspecified atom stereocenters. The fraction of sp³-hybridized carbons (Fsp3) is 0.222. The Balaban J connectivity index is 2.89. The van der Waals surface area contributed by atoms with Gasteiger partial charge in [-0.1, -0.05) is 0 Å². The van der Waals surface area contributed by atoms with Crippen molar-refractivity contribution in [2.24, 2.45) is 0 Å². The summed E-state index contributed by atoms with van der Waals surface area (Å²) >= 11 is 0. The zero-order valence-electron chi connectivity index (χ0n) is 8.04. The monoisotopic (exact) mass is 210 g/mol. The van der Waals surface area contributed by atoms with E-state index in [1.807, 2.05) is 0 Å². The first-order valence-corrected chi connectivity index (χ1v) is 4.12. The fourth-order valence-electron chi connectivity index (χ4n) is 1.05. The Kier molecular flexibility index (Phi) is 3.22. The predicted octanol–water partition coefficient (Wildman–Crippen LogP) is 0.301. The maximum Gasteiger partial charge on any atom is 0.337 e. The zero-order valence-corrected chi connectivity index (χ0v) is 8.04. The summed E-state index contributed by atoms with van der Waals surface area (Å²) in [7, 11) is 1.55. The van der Waals surface area contributed by atoms with Crippen LogP contribution in [-0.2, 0) is 4.79 Å². The van der Waals surface area contributed by atoms with Crippen molar-refractivity contribution in [3.05, 3.63) is 24.0 Å². The van der Waals surface area contributed by atoms with Gasteiger partial charge in [-0.2, -0.15) is 0 Å². The van der Waals surface area contributed by atoms with Crippen LogP contribution in [0.4, 0.5) is 5.69 Å². The molecule has 0 saturated heterocycles. The number of likely N-dealkylation sites (N-methyl/N-ethyl adjacent to an activating group) is 1. The molecule has 0 saturated carbocycles. The van der Waals surface area contributed by atoms with E-state index in [0.29, 0.717) is 5.69 Å². The van der Waals surface area contributed by atoms with Crippen LogP contribution in [0.15, 0.2) is 18.5 Å². The zero-order chi connectivity index (χ0) is 11.4. The standard InChI is InChI=1S/C9H10N2O4/c1-11(5-8(12)13)7-2-6(9(14)15)3-10-4-7/h2-4H,5H2,1H3,(H,12,13)(H,14,15). The summed E-state index contributed by atoms with van der Waals surface area (Å²) in [5.41, 5.74) is 0.488. The third-order valence-corrected chi connectivity index (χ3v) is 1.78. The van der Waals surface area contributed by atoms with E-state index in [9.17, 15) is 9.59 Å². The first kappa shape index (κ1) is 11.0. The molecule has 1 rings (SSSR count). The lowest BCUT2D eigenvalue weighted by Gasteiger charge is -2.16. The molecule has 0 aliphatic carbocycles. The van der Waals surface area contributed by atoms with Gasteiger partial charge >= 0.3 is 11.9 Å². The van der Waals surface area contributed by atoms with Gasteiger partial charge in [0.05, 0.1) is 17.4 Å². The molecule has 80 valence electrons. The van der Waals surface area contributed by atoms with Gasteiger partial charge in [0.2, 0.25) is 0 Å². The molecular formula is C9H10N2O4. The van der Waals surface area contributed by atoms with Crippen LogP contribution in [0, 0.1) is 0 Å². The van der Waals surface area contributed by atoms with Gasteiger partial charge in [-0.3, -0.25) is 9.78 Å². The Morgan fingerprint density at radius 3 is 2.60 bits per heavy atom. The Morgan fingerprint density at radius 1 is 1.40 bits per heavy atom. The number of pyridine rings is 1. The van der Waals surface area contributed by atoms with Crippen molar-refractivity contribution in [2.75, 3.05) is 18.5 Å². The van der Waals surface area contributed by atoms with E-state index in [0.717, 1.165) is 0 Å². The molecule has 0 bridgehead atoms. The molecule has 0 radical (unpaired) electrons. The summed E-state index contributed by atoms with van der Waals surface area (Å²) in [5.74, 6) is -2.08. The fourth-order valence-corrected chi connectivity index (χ4v) is 1.05. The van der Waals surface area contributed by atoms with Gasteiger partial charge in [-0.15, -0.1) is 0 Å². The van der Waals surface area contributed by atoms with Crippen LogP contribution in [0.5, 0.6) is 0 Å². The molecule has 1 aromatic rings. The summed E-state index contributed by atoms with van der Waals surface area (Å²) in [5, 5.41) is 17.2. The summed E-state index contributed by atoms with van der Waals surface area (Å²) < 4.78 is 0. The molecule has 0 aliphatic rings. The SMILES string of the molecule is CN(CC(=O)O)c1cncc(C(=O)O)c1. The molecular weight excluding hydrogens is 200 g/mol. The maximum absolute atomic E-state index is 10.6. The third-order valence-electron chi connectivity index (χ3n) is 1.78. The topological polar surface area (TPSA) is 90.7 Å². The van der Waals surface area contributed by atoms with Crippen molar-refractivity contribution >= 4 is 17.6 Å². The number of aromatic nitrogens is 1. The highest BCUT2D eigenvalue weighted by Crippen LogP contribution is 2.12. The average molecular weight is 210 g/mol. The maximum atomic E-state index is 10.6. The number of carbonyl (C=O) groups is 2. The number of hydrogen-bond donors (Lipinski definition) is 2. The van der Waals surface area contributed by atoms with Gasteiger partial charge in [0.1, 0.15) is 6.54 Å². The molecule has 1 heterocycles. The highest BCUT2D eigenvalue weighted by molar-refractivity contribution is 5.88. The largest absolute Gasteiger partial charge is 0.480 e. The minimum Gasteiger partial charge on any atom is -0.480 e. The van der Waals surface area contributed by atoms with Crippen molar-refractivity contribution in [3.63, 3.8) is 0 Å². The minimum absolute atomic E-state index is 0.0322. The van der Waals surface area contributed by atoms with Crippen molar-refractivity contribution < 1.29 is 19.8 Å². The molecule has 1 aromatic heterocycles. The molecule has 0 fully saturated rings.